The molecule has 7 heteroatoms. The largest absolute Gasteiger partial charge is 0.379 e. The maximum atomic E-state index is 11.3. The van der Waals surface area contributed by atoms with Crippen LogP contribution >= 0.6 is 11.6 Å². The lowest BCUT2D eigenvalue weighted by Crippen LogP contribution is -2.27. The van der Waals surface area contributed by atoms with E-state index in [1.54, 1.807) is 0 Å². The number of hydrogen-bond acceptors (Lipinski definition) is 5. The molecule has 100 valence electrons. The number of ether oxygens (including phenoxy) is 2. The van der Waals surface area contributed by atoms with E-state index in [0.717, 1.165) is 13.0 Å². The molecule has 2 heterocycles. The van der Waals surface area contributed by atoms with Gasteiger partial charge in [-0.3, -0.25) is 4.79 Å². The van der Waals surface area contributed by atoms with Gasteiger partial charge in [-0.25, -0.2) is 5.10 Å². The SMILES string of the molecule is CC(COC1CCOC1)Nc1cn[nH]c(=O)c1Cl. The first-order valence-corrected chi connectivity index (χ1v) is 6.23. The van der Waals surface area contributed by atoms with Crippen LogP contribution in [0.4, 0.5) is 5.69 Å². The minimum absolute atomic E-state index is 0.0340. The van der Waals surface area contributed by atoms with Crippen molar-refractivity contribution in [3.8, 4) is 0 Å². The fourth-order valence-corrected chi connectivity index (χ4v) is 1.86. The molecule has 6 nitrogen and oxygen atoms in total. The summed E-state index contributed by atoms with van der Waals surface area (Å²) in [7, 11) is 0. The topological polar surface area (TPSA) is 76.2 Å². The van der Waals surface area contributed by atoms with E-state index in [9.17, 15) is 4.79 Å². The Kier molecular flexibility index (Phi) is 4.57. The number of anilines is 1. The van der Waals surface area contributed by atoms with E-state index in [4.69, 9.17) is 21.1 Å². The highest BCUT2D eigenvalue weighted by Crippen LogP contribution is 2.16. The van der Waals surface area contributed by atoms with Crippen LogP contribution in [0.25, 0.3) is 0 Å². The number of halogens is 1. The van der Waals surface area contributed by atoms with Gasteiger partial charge in [0.2, 0.25) is 0 Å². The first-order chi connectivity index (χ1) is 8.66. The van der Waals surface area contributed by atoms with Crippen LogP contribution in [-0.4, -0.2) is 42.2 Å². The zero-order valence-corrected chi connectivity index (χ0v) is 10.9. The molecule has 1 aromatic rings. The van der Waals surface area contributed by atoms with Crippen molar-refractivity contribution in [2.45, 2.75) is 25.5 Å². The molecule has 18 heavy (non-hydrogen) atoms. The van der Waals surface area contributed by atoms with Crippen molar-refractivity contribution in [2.75, 3.05) is 25.1 Å². The van der Waals surface area contributed by atoms with Gasteiger partial charge in [-0.1, -0.05) is 11.6 Å². The van der Waals surface area contributed by atoms with E-state index in [-0.39, 0.29) is 17.2 Å². The summed E-state index contributed by atoms with van der Waals surface area (Å²) in [5.41, 5.74) is 0.109. The van der Waals surface area contributed by atoms with Crippen LogP contribution in [0, 0.1) is 0 Å². The molecule has 0 aliphatic carbocycles. The zero-order chi connectivity index (χ0) is 13.0. The summed E-state index contributed by atoms with van der Waals surface area (Å²) in [6.45, 7) is 3.89. The predicted molar refractivity (Wildman–Crippen MR) is 68.1 cm³/mol. The maximum Gasteiger partial charge on any atom is 0.285 e. The summed E-state index contributed by atoms with van der Waals surface area (Å²) in [6, 6.07) is 0.0340. The van der Waals surface area contributed by atoms with Crippen LogP contribution in [0.5, 0.6) is 0 Å². The van der Waals surface area contributed by atoms with E-state index < -0.39 is 5.56 Å². The lowest BCUT2D eigenvalue weighted by Gasteiger charge is -2.18. The molecule has 1 aliphatic rings. The number of nitrogens with one attached hydrogen (secondary N) is 2. The highest BCUT2D eigenvalue weighted by atomic mass is 35.5. The van der Waals surface area contributed by atoms with E-state index >= 15 is 0 Å². The van der Waals surface area contributed by atoms with E-state index in [1.165, 1.54) is 6.20 Å². The number of H-pyrrole nitrogens is 1. The molecule has 1 aliphatic heterocycles. The molecule has 2 N–H and O–H groups in total. The van der Waals surface area contributed by atoms with Gasteiger partial charge >= 0.3 is 0 Å². The number of aromatic amines is 1. The molecular formula is C11H16ClN3O3. The maximum absolute atomic E-state index is 11.3. The summed E-state index contributed by atoms with van der Waals surface area (Å²) in [5, 5.41) is 9.16. The van der Waals surface area contributed by atoms with Crippen LogP contribution in [0.3, 0.4) is 0 Å². The average molecular weight is 274 g/mol. The molecule has 2 atom stereocenters. The second kappa shape index (κ2) is 6.17. The van der Waals surface area contributed by atoms with Crippen molar-refractivity contribution in [3.63, 3.8) is 0 Å². The molecule has 0 amide bonds. The van der Waals surface area contributed by atoms with Gasteiger partial charge in [-0.2, -0.15) is 5.10 Å². The standard InChI is InChI=1S/C11H16ClN3O3/c1-7(5-18-8-2-3-17-6-8)14-9-4-13-15-11(16)10(9)12/h4,7-8H,2-3,5-6H2,1H3,(H2,14,15,16). The number of hydrogen-bond donors (Lipinski definition) is 2. The molecule has 2 unspecified atom stereocenters. The third-order valence-electron chi connectivity index (χ3n) is 2.67. The molecule has 0 bridgehead atoms. The third-order valence-corrected chi connectivity index (χ3v) is 3.04. The van der Waals surface area contributed by atoms with Crippen molar-refractivity contribution in [1.29, 1.82) is 0 Å². The molecule has 0 radical (unpaired) electrons. The van der Waals surface area contributed by atoms with Gasteiger partial charge in [0.1, 0.15) is 5.02 Å². The lowest BCUT2D eigenvalue weighted by molar-refractivity contribution is 0.0395. The Morgan fingerprint density at radius 1 is 1.78 bits per heavy atom. The van der Waals surface area contributed by atoms with Gasteiger partial charge in [0.15, 0.2) is 0 Å². The minimum Gasteiger partial charge on any atom is -0.379 e. The minimum atomic E-state index is -0.404. The lowest BCUT2D eigenvalue weighted by atomic mass is 10.3. The molecule has 1 aromatic heterocycles. The van der Waals surface area contributed by atoms with Crippen molar-refractivity contribution in [2.24, 2.45) is 0 Å². The molecular weight excluding hydrogens is 258 g/mol. The van der Waals surface area contributed by atoms with Crippen molar-refractivity contribution in [1.82, 2.24) is 10.2 Å². The van der Waals surface area contributed by atoms with E-state index in [1.807, 2.05) is 6.92 Å². The van der Waals surface area contributed by atoms with Crippen molar-refractivity contribution in [3.05, 3.63) is 21.6 Å². The first-order valence-electron chi connectivity index (χ1n) is 5.86. The molecule has 0 aromatic carbocycles. The Morgan fingerprint density at radius 3 is 3.33 bits per heavy atom. The average Bonchev–Trinajstić information content (AvgIpc) is 2.86. The van der Waals surface area contributed by atoms with Crippen LogP contribution < -0.4 is 10.9 Å². The van der Waals surface area contributed by atoms with Crippen molar-refractivity contribution >= 4 is 17.3 Å². The summed E-state index contributed by atoms with van der Waals surface area (Å²) >= 11 is 5.86. The van der Waals surface area contributed by atoms with Crippen molar-refractivity contribution < 1.29 is 9.47 Å². The van der Waals surface area contributed by atoms with Crippen LogP contribution in [-0.2, 0) is 9.47 Å². The zero-order valence-electron chi connectivity index (χ0n) is 10.1. The normalized spacial score (nSPS) is 20.9. The first kappa shape index (κ1) is 13.3. The molecule has 0 saturated carbocycles. The summed E-state index contributed by atoms with van der Waals surface area (Å²) in [5.74, 6) is 0. The Labute approximate surface area is 110 Å². The van der Waals surface area contributed by atoms with Crippen LogP contribution in [0.1, 0.15) is 13.3 Å². The Morgan fingerprint density at radius 2 is 2.61 bits per heavy atom. The summed E-state index contributed by atoms with van der Waals surface area (Å²) in [4.78, 5) is 11.3. The van der Waals surface area contributed by atoms with Gasteiger partial charge in [-0.05, 0) is 13.3 Å². The third kappa shape index (κ3) is 3.44. The monoisotopic (exact) mass is 273 g/mol. The van der Waals surface area contributed by atoms with Crippen LogP contribution in [0.15, 0.2) is 11.0 Å². The van der Waals surface area contributed by atoms with Gasteiger partial charge in [0.05, 0.1) is 31.2 Å². The second-order valence-electron chi connectivity index (χ2n) is 4.29. The Hall–Kier alpha value is -1.11. The summed E-state index contributed by atoms with van der Waals surface area (Å²) in [6.07, 6.45) is 2.58. The molecule has 0 spiro atoms. The van der Waals surface area contributed by atoms with Gasteiger partial charge < -0.3 is 14.8 Å². The fourth-order valence-electron chi connectivity index (χ4n) is 1.72. The number of rotatable bonds is 5. The Bertz CT molecular complexity index is 445. The highest BCUT2D eigenvalue weighted by Gasteiger charge is 2.17. The van der Waals surface area contributed by atoms with Gasteiger partial charge in [0, 0.05) is 12.6 Å². The van der Waals surface area contributed by atoms with Crippen LogP contribution in [0.2, 0.25) is 5.02 Å². The molecule has 1 fully saturated rings. The smallest absolute Gasteiger partial charge is 0.285 e. The summed E-state index contributed by atoms with van der Waals surface area (Å²) < 4.78 is 10.9. The van der Waals surface area contributed by atoms with Gasteiger partial charge in [-0.15, -0.1) is 0 Å². The van der Waals surface area contributed by atoms with E-state index in [2.05, 4.69) is 15.5 Å². The van der Waals surface area contributed by atoms with E-state index in [0.29, 0.717) is 18.9 Å². The molecule has 1 saturated heterocycles. The van der Waals surface area contributed by atoms with Gasteiger partial charge in [0.25, 0.3) is 5.56 Å². The highest BCUT2D eigenvalue weighted by molar-refractivity contribution is 6.32. The second-order valence-corrected chi connectivity index (χ2v) is 4.67. The quantitative estimate of drug-likeness (QED) is 0.838. The number of nitrogens with zero attached hydrogens (tertiary/aromatic N) is 1. The number of aromatic nitrogens is 2. The predicted octanol–water partition coefficient (Wildman–Crippen LogP) is 1.03. The molecule has 2 rings (SSSR count). The fraction of sp³-hybridized carbons (Fsp3) is 0.636. The Balaban J connectivity index is 1.84.